The van der Waals surface area contributed by atoms with Crippen molar-refractivity contribution >= 4 is 29.4 Å². The number of aromatic nitrogens is 2. The normalized spacial score (nSPS) is 12.0. The summed E-state index contributed by atoms with van der Waals surface area (Å²) in [6.45, 7) is 8.06. The second kappa shape index (κ2) is 7.88. The molecule has 0 saturated carbocycles. The van der Waals surface area contributed by atoms with Gasteiger partial charge < -0.3 is 19.6 Å². The summed E-state index contributed by atoms with van der Waals surface area (Å²) in [4.78, 5) is 17.3. The van der Waals surface area contributed by atoms with E-state index < -0.39 is 0 Å². The van der Waals surface area contributed by atoms with Gasteiger partial charge in [0, 0.05) is 18.2 Å². The maximum atomic E-state index is 12.7. The molecule has 3 aromatic rings. The Balaban J connectivity index is 0.00000243. The van der Waals surface area contributed by atoms with Gasteiger partial charge in [-0.2, -0.15) is 0 Å². The van der Waals surface area contributed by atoms with Crippen molar-refractivity contribution in [2.75, 3.05) is 13.6 Å². The van der Waals surface area contributed by atoms with Crippen molar-refractivity contribution in [3.05, 3.63) is 34.9 Å². The molecular weight excluding hydrogens is 356 g/mol. The van der Waals surface area contributed by atoms with Crippen LogP contribution in [-0.2, 0) is 0 Å². The molecule has 2 N–H and O–H groups in total. The van der Waals surface area contributed by atoms with Gasteiger partial charge in [-0.1, -0.05) is 5.16 Å². The molecule has 3 heterocycles. The zero-order valence-corrected chi connectivity index (χ0v) is 16.3. The van der Waals surface area contributed by atoms with E-state index in [4.69, 9.17) is 8.94 Å². The fourth-order valence-electron chi connectivity index (χ4n) is 2.74. The molecule has 26 heavy (non-hydrogen) atoms. The summed E-state index contributed by atoms with van der Waals surface area (Å²) in [5, 5.41) is 10.6. The van der Waals surface area contributed by atoms with Crippen molar-refractivity contribution in [1.82, 2.24) is 20.8 Å². The van der Waals surface area contributed by atoms with Crippen LogP contribution in [0.3, 0.4) is 0 Å². The van der Waals surface area contributed by atoms with E-state index in [0.717, 1.165) is 17.1 Å². The topological polar surface area (TPSA) is 93.2 Å². The highest BCUT2D eigenvalue weighted by molar-refractivity contribution is 6.07. The molecule has 0 aliphatic heterocycles. The zero-order valence-electron chi connectivity index (χ0n) is 15.5. The summed E-state index contributed by atoms with van der Waals surface area (Å²) in [7, 11) is 1.85. The predicted molar refractivity (Wildman–Crippen MR) is 102 cm³/mol. The highest BCUT2D eigenvalue weighted by Gasteiger charge is 2.21. The Morgan fingerprint density at radius 1 is 1.27 bits per heavy atom. The van der Waals surface area contributed by atoms with E-state index in [2.05, 4.69) is 20.8 Å². The number of aryl methyl sites for hydroxylation is 3. The summed E-state index contributed by atoms with van der Waals surface area (Å²) in [5.41, 5.74) is 2.96. The van der Waals surface area contributed by atoms with Crippen LogP contribution < -0.4 is 10.6 Å². The molecule has 1 amide bonds. The lowest BCUT2D eigenvalue weighted by Gasteiger charge is -2.12. The van der Waals surface area contributed by atoms with E-state index in [-0.39, 0.29) is 24.4 Å². The Hall–Kier alpha value is -2.38. The monoisotopic (exact) mass is 378 g/mol. The molecule has 0 spiro atoms. The number of hydrogen-bond acceptors (Lipinski definition) is 6. The van der Waals surface area contributed by atoms with Gasteiger partial charge in [-0.05, 0) is 46.9 Å². The van der Waals surface area contributed by atoms with Crippen molar-refractivity contribution in [1.29, 1.82) is 0 Å². The molecule has 0 bridgehead atoms. The highest BCUT2D eigenvalue weighted by Crippen LogP contribution is 2.30. The minimum atomic E-state index is -0.181. The van der Waals surface area contributed by atoms with Gasteiger partial charge in [0.2, 0.25) is 0 Å². The van der Waals surface area contributed by atoms with Gasteiger partial charge in [-0.3, -0.25) is 4.79 Å². The van der Waals surface area contributed by atoms with Crippen LogP contribution in [0.15, 0.2) is 21.1 Å². The summed E-state index contributed by atoms with van der Waals surface area (Å²) in [5.74, 6) is 1.35. The van der Waals surface area contributed by atoms with E-state index in [1.807, 2.05) is 33.9 Å². The number of carbonyl (C=O) groups excluding carboxylic acids is 1. The first-order chi connectivity index (χ1) is 11.9. The molecule has 0 aromatic carbocycles. The number of furan rings is 1. The average Bonchev–Trinajstić information content (AvgIpc) is 3.13. The van der Waals surface area contributed by atoms with E-state index in [0.29, 0.717) is 34.6 Å². The lowest BCUT2D eigenvalue weighted by atomic mass is 10.1. The molecule has 0 saturated heterocycles. The van der Waals surface area contributed by atoms with E-state index in [1.165, 1.54) is 0 Å². The Morgan fingerprint density at radius 3 is 2.62 bits per heavy atom. The summed E-state index contributed by atoms with van der Waals surface area (Å²) < 4.78 is 10.9. The van der Waals surface area contributed by atoms with Crippen molar-refractivity contribution < 1.29 is 13.7 Å². The number of nitrogens with zero attached hydrogens (tertiary/aromatic N) is 2. The van der Waals surface area contributed by atoms with Gasteiger partial charge in [0.05, 0.1) is 22.3 Å². The van der Waals surface area contributed by atoms with Crippen LogP contribution in [0.25, 0.3) is 22.4 Å². The minimum Gasteiger partial charge on any atom is -0.466 e. The highest BCUT2D eigenvalue weighted by atomic mass is 35.5. The number of likely N-dealkylation sites (N-methyl/N-ethyl adjacent to an activating group) is 1. The standard InChI is InChI=1S/C18H22N4O3.ClH/c1-9(19-5)8-20-17(23)14-7-15(13-6-10(2)24-12(13)4)21-18-16(14)11(3)22-25-18;/h6-7,9,19H,8H2,1-5H3,(H,20,23);1H. The fraction of sp³-hybridized carbons (Fsp3) is 0.389. The number of halogens is 1. The third kappa shape index (κ3) is 3.73. The number of nitrogens with one attached hydrogen (secondary N) is 2. The Morgan fingerprint density at radius 2 is 2.00 bits per heavy atom. The van der Waals surface area contributed by atoms with Crippen LogP contribution in [-0.4, -0.2) is 35.7 Å². The van der Waals surface area contributed by atoms with Gasteiger partial charge in [0.25, 0.3) is 11.6 Å². The van der Waals surface area contributed by atoms with Crippen LogP contribution in [0.2, 0.25) is 0 Å². The lowest BCUT2D eigenvalue weighted by molar-refractivity contribution is 0.0952. The van der Waals surface area contributed by atoms with Gasteiger partial charge >= 0.3 is 0 Å². The second-order valence-corrected chi connectivity index (χ2v) is 6.23. The molecule has 0 aliphatic rings. The first-order valence-corrected chi connectivity index (χ1v) is 8.20. The Kier molecular flexibility index (Phi) is 6.05. The maximum absolute atomic E-state index is 12.7. The predicted octanol–water partition coefficient (Wildman–Crippen LogP) is 3.17. The van der Waals surface area contributed by atoms with Crippen LogP contribution >= 0.6 is 12.4 Å². The van der Waals surface area contributed by atoms with Crippen LogP contribution in [0.1, 0.15) is 34.5 Å². The third-order valence-electron chi connectivity index (χ3n) is 4.24. The van der Waals surface area contributed by atoms with Gasteiger partial charge in [-0.25, -0.2) is 4.98 Å². The molecule has 0 fully saturated rings. The third-order valence-corrected chi connectivity index (χ3v) is 4.24. The van der Waals surface area contributed by atoms with Crippen molar-refractivity contribution in [2.24, 2.45) is 0 Å². The molecule has 0 aliphatic carbocycles. The number of pyridine rings is 1. The SMILES string of the molecule is CNC(C)CNC(=O)c1cc(-c2cc(C)oc2C)nc2onc(C)c12.Cl. The van der Waals surface area contributed by atoms with Crippen LogP contribution in [0.5, 0.6) is 0 Å². The Labute approximate surface area is 157 Å². The molecular formula is C18H23ClN4O3. The molecule has 1 atom stereocenters. The number of amides is 1. The summed E-state index contributed by atoms with van der Waals surface area (Å²) >= 11 is 0. The maximum Gasteiger partial charge on any atom is 0.259 e. The molecule has 3 rings (SSSR count). The van der Waals surface area contributed by atoms with Gasteiger partial charge in [-0.15, -0.1) is 12.4 Å². The first kappa shape index (κ1) is 19.9. The molecule has 0 radical (unpaired) electrons. The lowest BCUT2D eigenvalue weighted by Crippen LogP contribution is -2.37. The molecule has 3 aromatic heterocycles. The number of fused-ring (bicyclic) bond motifs is 1. The molecule has 7 nitrogen and oxygen atoms in total. The number of hydrogen-bond donors (Lipinski definition) is 2. The largest absolute Gasteiger partial charge is 0.466 e. The van der Waals surface area contributed by atoms with Crippen molar-refractivity contribution in [3.8, 4) is 11.3 Å². The summed E-state index contributed by atoms with van der Waals surface area (Å²) in [6.07, 6.45) is 0. The molecule has 140 valence electrons. The van der Waals surface area contributed by atoms with Gasteiger partial charge in [0.1, 0.15) is 11.5 Å². The zero-order chi connectivity index (χ0) is 18.1. The second-order valence-electron chi connectivity index (χ2n) is 6.23. The van der Waals surface area contributed by atoms with E-state index >= 15 is 0 Å². The van der Waals surface area contributed by atoms with Crippen molar-refractivity contribution in [2.45, 2.75) is 33.7 Å². The van der Waals surface area contributed by atoms with Crippen LogP contribution in [0.4, 0.5) is 0 Å². The van der Waals surface area contributed by atoms with E-state index in [1.54, 1.807) is 13.0 Å². The fourth-order valence-corrected chi connectivity index (χ4v) is 2.74. The quantitative estimate of drug-likeness (QED) is 0.708. The molecule has 8 heteroatoms. The smallest absolute Gasteiger partial charge is 0.259 e. The van der Waals surface area contributed by atoms with Crippen molar-refractivity contribution in [3.63, 3.8) is 0 Å². The molecule has 1 unspecified atom stereocenters. The number of rotatable bonds is 5. The van der Waals surface area contributed by atoms with Gasteiger partial charge in [0.15, 0.2) is 0 Å². The Bertz CT molecular complexity index is 932. The minimum absolute atomic E-state index is 0. The average molecular weight is 379 g/mol. The van der Waals surface area contributed by atoms with E-state index in [9.17, 15) is 4.79 Å². The first-order valence-electron chi connectivity index (χ1n) is 8.20. The summed E-state index contributed by atoms with van der Waals surface area (Å²) in [6, 6.07) is 3.84. The number of carbonyl (C=O) groups is 1. The van der Waals surface area contributed by atoms with Crippen LogP contribution in [0, 0.1) is 20.8 Å².